The van der Waals surface area contributed by atoms with Gasteiger partial charge in [-0.15, -0.1) is 12.4 Å². The molecule has 1 aliphatic rings. The van der Waals surface area contributed by atoms with Gasteiger partial charge in [0, 0.05) is 13.1 Å². The third-order valence-corrected chi connectivity index (χ3v) is 5.69. The van der Waals surface area contributed by atoms with Crippen LogP contribution in [0.25, 0.3) is 0 Å². The lowest BCUT2D eigenvalue weighted by Crippen LogP contribution is -2.40. The molecule has 0 atom stereocenters. The summed E-state index contributed by atoms with van der Waals surface area (Å²) in [6.07, 6.45) is 1.54. The molecule has 0 radical (unpaired) electrons. The normalized spacial score (nSPS) is 16.8. The van der Waals surface area contributed by atoms with E-state index in [2.05, 4.69) is 4.74 Å². The van der Waals surface area contributed by atoms with Crippen molar-refractivity contribution >= 4 is 28.4 Å². The summed E-state index contributed by atoms with van der Waals surface area (Å²) < 4.78 is 31.2. The largest absolute Gasteiger partial charge is 0.465 e. The Balaban J connectivity index is 0.00000242. The molecule has 1 saturated heterocycles. The summed E-state index contributed by atoms with van der Waals surface area (Å²) in [6.45, 7) is 1.52. The lowest BCUT2D eigenvalue weighted by atomic mass is 9.99. The van der Waals surface area contributed by atoms with Crippen LogP contribution >= 0.6 is 12.4 Å². The van der Waals surface area contributed by atoms with E-state index in [0.29, 0.717) is 25.6 Å². The van der Waals surface area contributed by atoms with E-state index in [4.69, 9.17) is 5.73 Å². The summed E-state index contributed by atoms with van der Waals surface area (Å²) >= 11 is 0. The van der Waals surface area contributed by atoms with Gasteiger partial charge in [0.05, 0.1) is 17.6 Å². The molecule has 1 heterocycles. The molecular weight excluding hydrogens is 328 g/mol. The number of carbonyl (C=O) groups is 1. The van der Waals surface area contributed by atoms with E-state index in [-0.39, 0.29) is 22.9 Å². The van der Waals surface area contributed by atoms with Gasteiger partial charge in [-0.3, -0.25) is 0 Å². The molecule has 124 valence electrons. The molecule has 2 rings (SSSR count). The molecule has 1 aromatic carbocycles. The Bertz CT molecular complexity index is 613. The number of carbonyl (C=O) groups excluding carboxylic acids is 1. The summed E-state index contributed by atoms with van der Waals surface area (Å²) in [4.78, 5) is 11.6. The zero-order valence-electron chi connectivity index (χ0n) is 12.4. The molecule has 0 unspecified atom stereocenters. The highest BCUT2D eigenvalue weighted by Gasteiger charge is 2.29. The molecule has 22 heavy (non-hydrogen) atoms. The zero-order valence-corrected chi connectivity index (χ0v) is 14.0. The number of sulfonamides is 1. The van der Waals surface area contributed by atoms with Crippen molar-refractivity contribution in [2.75, 3.05) is 26.7 Å². The highest BCUT2D eigenvalue weighted by Crippen LogP contribution is 2.23. The van der Waals surface area contributed by atoms with Crippen LogP contribution in [-0.2, 0) is 14.8 Å². The fraction of sp³-hybridized carbons (Fsp3) is 0.500. The predicted octanol–water partition coefficient (Wildman–Crippen LogP) is 1.25. The molecule has 6 nitrogen and oxygen atoms in total. The lowest BCUT2D eigenvalue weighted by Gasteiger charge is -2.30. The molecule has 0 saturated carbocycles. The van der Waals surface area contributed by atoms with Crippen LogP contribution in [0.4, 0.5) is 0 Å². The summed E-state index contributed by atoms with van der Waals surface area (Å²) in [6, 6.07) is 5.93. The van der Waals surface area contributed by atoms with Gasteiger partial charge in [0.15, 0.2) is 0 Å². The average molecular weight is 349 g/mol. The first-order valence-electron chi connectivity index (χ1n) is 6.87. The van der Waals surface area contributed by atoms with Crippen molar-refractivity contribution in [3.05, 3.63) is 29.8 Å². The van der Waals surface area contributed by atoms with Gasteiger partial charge in [-0.1, -0.05) is 6.07 Å². The van der Waals surface area contributed by atoms with Crippen molar-refractivity contribution in [2.45, 2.75) is 17.7 Å². The second kappa shape index (κ2) is 7.92. The monoisotopic (exact) mass is 348 g/mol. The van der Waals surface area contributed by atoms with Crippen LogP contribution in [0.2, 0.25) is 0 Å². The number of piperidine rings is 1. The van der Waals surface area contributed by atoms with E-state index in [9.17, 15) is 13.2 Å². The molecule has 1 aromatic rings. The Morgan fingerprint density at radius 3 is 2.55 bits per heavy atom. The molecule has 0 amide bonds. The summed E-state index contributed by atoms with van der Waals surface area (Å²) in [5.41, 5.74) is 5.85. The quantitative estimate of drug-likeness (QED) is 0.827. The number of nitrogens with two attached hydrogens (primary N) is 1. The molecule has 1 aliphatic heterocycles. The topological polar surface area (TPSA) is 89.7 Å². The average Bonchev–Trinajstić information content (AvgIpc) is 2.54. The minimum atomic E-state index is -3.57. The van der Waals surface area contributed by atoms with Crippen molar-refractivity contribution in [1.29, 1.82) is 0 Å². The Hall–Kier alpha value is -1.15. The number of halogens is 1. The highest BCUT2D eigenvalue weighted by molar-refractivity contribution is 7.89. The van der Waals surface area contributed by atoms with Gasteiger partial charge < -0.3 is 10.5 Å². The molecule has 2 N–H and O–H groups in total. The molecule has 1 fully saturated rings. The van der Waals surface area contributed by atoms with Crippen molar-refractivity contribution in [3.8, 4) is 0 Å². The molecular formula is C14H21ClN2O4S. The third kappa shape index (κ3) is 3.98. The summed E-state index contributed by atoms with van der Waals surface area (Å²) in [7, 11) is -2.31. The molecule has 0 aromatic heterocycles. The van der Waals surface area contributed by atoms with E-state index < -0.39 is 16.0 Å². The van der Waals surface area contributed by atoms with E-state index in [0.717, 1.165) is 12.8 Å². The fourth-order valence-corrected chi connectivity index (χ4v) is 3.95. The zero-order chi connectivity index (χ0) is 15.5. The first kappa shape index (κ1) is 18.9. The number of methoxy groups -OCH3 is 1. The van der Waals surface area contributed by atoms with Crippen LogP contribution in [-0.4, -0.2) is 45.4 Å². The Kier molecular flexibility index (Phi) is 6.80. The maximum Gasteiger partial charge on any atom is 0.337 e. The maximum atomic E-state index is 12.6. The van der Waals surface area contributed by atoms with Crippen LogP contribution in [0.15, 0.2) is 29.2 Å². The van der Waals surface area contributed by atoms with Crippen LogP contribution in [0, 0.1) is 5.92 Å². The van der Waals surface area contributed by atoms with Gasteiger partial charge in [0.1, 0.15) is 0 Å². The van der Waals surface area contributed by atoms with Gasteiger partial charge in [-0.05, 0) is 43.5 Å². The molecule has 8 heteroatoms. The van der Waals surface area contributed by atoms with Crippen molar-refractivity contribution in [3.63, 3.8) is 0 Å². The van der Waals surface area contributed by atoms with Gasteiger partial charge in [-0.2, -0.15) is 4.31 Å². The van der Waals surface area contributed by atoms with Crippen LogP contribution in [0.1, 0.15) is 23.2 Å². The SMILES string of the molecule is COC(=O)c1cccc(S(=O)(=O)N2CCC(CN)CC2)c1.Cl. The van der Waals surface area contributed by atoms with Gasteiger partial charge >= 0.3 is 5.97 Å². The van der Waals surface area contributed by atoms with E-state index in [1.165, 1.54) is 29.6 Å². The maximum absolute atomic E-state index is 12.6. The van der Waals surface area contributed by atoms with Gasteiger partial charge in [0.25, 0.3) is 0 Å². The number of rotatable bonds is 4. The first-order valence-corrected chi connectivity index (χ1v) is 8.31. The second-order valence-corrected chi connectivity index (χ2v) is 7.04. The van der Waals surface area contributed by atoms with Crippen LogP contribution < -0.4 is 5.73 Å². The van der Waals surface area contributed by atoms with Crippen molar-refractivity contribution in [2.24, 2.45) is 11.7 Å². The minimum absolute atomic E-state index is 0. The molecule has 0 aliphatic carbocycles. The van der Waals surface area contributed by atoms with Crippen molar-refractivity contribution in [1.82, 2.24) is 4.31 Å². The van der Waals surface area contributed by atoms with Crippen molar-refractivity contribution < 1.29 is 17.9 Å². The van der Waals surface area contributed by atoms with Crippen LogP contribution in [0.3, 0.4) is 0 Å². The lowest BCUT2D eigenvalue weighted by molar-refractivity contribution is 0.0600. The Morgan fingerprint density at radius 1 is 1.36 bits per heavy atom. The van der Waals surface area contributed by atoms with Gasteiger partial charge in [0.2, 0.25) is 10.0 Å². The highest BCUT2D eigenvalue weighted by atomic mass is 35.5. The first-order chi connectivity index (χ1) is 9.98. The minimum Gasteiger partial charge on any atom is -0.465 e. The molecule has 0 spiro atoms. The number of ether oxygens (including phenoxy) is 1. The Labute approximate surface area is 137 Å². The third-order valence-electron chi connectivity index (χ3n) is 3.80. The van der Waals surface area contributed by atoms with E-state index >= 15 is 0 Å². The number of hydrogen-bond acceptors (Lipinski definition) is 5. The number of benzene rings is 1. The number of nitrogens with zero attached hydrogens (tertiary/aromatic N) is 1. The van der Waals surface area contributed by atoms with E-state index in [1.54, 1.807) is 6.07 Å². The van der Waals surface area contributed by atoms with Crippen LogP contribution in [0.5, 0.6) is 0 Å². The molecule has 0 bridgehead atoms. The van der Waals surface area contributed by atoms with Gasteiger partial charge in [-0.25, -0.2) is 13.2 Å². The standard InChI is InChI=1S/C14H20N2O4S.ClH/c1-20-14(17)12-3-2-4-13(9-12)21(18,19)16-7-5-11(10-15)6-8-16;/h2-4,9,11H,5-8,10,15H2,1H3;1H. The number of esters is 1. The summed E-state index contributed by atoms with van der Waals surface area (Å²) in [5.74, 6) is -0.160. The summed E-state index contributed by atoms with van der Waals surface area (Å²) in [5, 5.41) is 0. The predicted molar refractivity (Wildman–Crippen MR) is 85.6 cm³/mol. The Morgan fingerprint density at radius 2 is 2.00 bits per heavy atom. The fourth-order valence-electron chi connectivity index (χ4n) is 2.44. The number of hydrogen-bond donors (Lipinski definition) is 1. The van der Waals surface area contributed by atoms with E-state index in [1.807, 2.05) is 0 Å². The smallest absolute Gasteiger partial charge is 0.337 e. The second-order valence-electron chi connectivity index (χ2n) is 5.10.